The minimum Gasteiger partial charge on any atom is -0.364 e. The Labute approximate surface area is 144 Å². The van der Waals surface area contributed by atoms with Gasteiger partial charge in [0.05, 0.1) is 10.0 Å². The highest BCUT2D eigenvalue weighted by Crippen LogP contribution is 2.39. The fraction of sp³-hybridized carbons (Fsp3) is 0.333. The molecule has 0 aliphatic heterocycles. The molecule has 1 aromatic carbocycles. The van der Waals surface area contributed by atoms with E-state index in [-0.39, 0.29) is 11.6 Å². The molecule has 7 heteroatoms. The summed E-state index contributed by atoms with van der Waals surface area (Å²) in [5, 5.41) is 1.07. The fourth-order valence-electron chi connectivity index (χ4n) is 2.36. The van der Waals surface area contributed by atoms with E-state index < -0.39 is 5.91 Å². The molecule has 0 fully saturated rings. The highest BCUT2D eigenvalue weighted by molar-refractivity contribution is 6.42. The highest BCUT2D eigenvalue weighted by atomic mass is 35.5. The van der Waals surface area contributed by atoms with E-state index in [0.717, 1.165) is 12.2 Å². The Morgan fingerprint density at radius 1 is 1.32 bits per heavy atom. The summed E-state index contributed by atoms with van der Waals surface area (Å²) in [5.41, 5.74) is 6.66. The van der Waals surface area contributed by atoms with Crippen LogP contribution in [-0.4, -0.2) is 15.5 Å². The van der Waals surface area contributed by atoms with Gasteiger partial charge in [-0.3, -0.25) is 4.79 Å². The lowest BCUT2D eigenvalue weighted by molar-refractivity contribution is 0.0993. The van der Waals surface area contributed by atoms with Gasteiger partial charge in [-0.2, -0.15) is 0 Å². The van der Waals surface area contributed by atoms with E-state index in [0.29, 0.717) is 26.3 Å². The topological polar surface area (TPSA) is 60.9 Å². The molecule has 1 unspecified atom stereocenters. The second-order valence-corrected chi connectivity index (χ2v) is 6.40. The zero-order valence-electron chi connectivity index (χ0n) is 12.5. The summed E-state index contributed by atoms with van der Waals surface area (Å²) in [6.07, 6.45) is 0.880. The third kappa shape index (κ3) is 2.96. The van der Waals surface area contributed by atoms with Crippen molar-refractivity contribution < 1.29 is 4.79 Å². The molecule has 0 radical (unpaired) electrons. The fourth-order valence-corrected chi connectivity index (χ4v) is 3.36. The largest absolute Gasteiger partial charge is 0.364 e. The number of nitrogens with zero attached hydrogens (tertiary/aromatic N) is 2. The molecule has 2 rings (SSSR count). The molecule has 1 amide bonds. The minimum atomic E-state index is -0.582. The van der Waals surface area contributed by atoms with Gasteiger partial charge in [-0.15, -0.1) is 0 Å². The Morgan fingerprint density at radius 3 is 2.32 bits per heavy atom. The third-order valence-corrected chi connectivity index (χ3v) is 4.47. The molecular weight excluding hydrogens is 345 g/mol. The van der Waals surface area contributed by atoms with Crippen LogP contribution in [0.25, 0.3) is 11.3 Å². The molecule has 0 saturated carbocycles. The summed E-state index contributed by atoms with van der Waals surface area (Å²) in [7, 11) is 1.76. The van der Waals surface area contributed by atoms with Gasteiger partial charge in [-0.1, -0.05) is 48.7 Å². The zero-order chi connectivity index (χ0) is 16.6. The molecule has 0 spiro atoms. The predicted molar refractivity (Wildman–Crippen MR) is 90.9 cm³/mol. The van der Waals surface area contributed by atoms with Gasteiger partial charge in [0.1, 0.15) is 17.2 Å². The van der Waals surface area contributed by atoms with Gasteiger partial charge in [0.15, 0.2) is 0 Å². The first-order valence-electron chi connectivity index (χ1n) is 6.79. The summed E-state index contributed by atoms with van der Waals surface area (Å²) in [6.45, 7) is 4.08. The number of carbonyl (C=O) groups is 1. The number of rotatable bonds is 4. The van der Waals surface area contributed by atoms with E-state index in [9.17, 15) is 4.79 Å². The van der Waals surface area contributed by atoms with E-state index >= 15 is 0 Å². The molecule has 4 nitrogen and oxygen atoms in total. The normalized spacial score (nSPS) is 12.5. The summed E-state index contributed by atoms with van der Waals surface area (Å²) < 4.78 is 1.70. The van der Waals surface area contributed by atoms with Crippen LogP contribution < -0.4 is 5.73 Å². The van der Waals surface area contributed by atoms with Gasteiger partial charge in [-0.05, 0) is 18.6 Å². The first kappa shape index (κ1) is 17.1. The van der Waals surface area contributed by atoms with Crippen molar-refractivity contribution in [2.24, 2.45) is 12.8 Å². The lowest BCUT2D eigenvalue weighted by Gasteiger charge is -2.09. The molecule has 2 aromatic rings. The van der Waals surface area contributed by atoms with Gasteiger partial charge in [-0.25, -0.2) is 4.98 Å². The SMILES string of the molecule is CCC(C)c1nc(-c2c(Cl)cc(Cl)cc2Cl)c(C(N)=O)n1C. The number of hydrogen-bond acceptors (Lipinski definition) is 2. The number of imidazole rings is 1. The quantitative estimate of drug-likeness (QED) is 0.862. The van der Waals surface area contributed by atoms with Crippen LogP contribution in [0.2, 0.25) is 15.1 Å². The number of benzene rings is 1. The van der Waals surface area contributed by atoms with Crippen molar-refractivity contribution in [2.45, 2.75) is 26.2 Å². The van der Waals surface area contributed by atoms with Gasteiger partial charge in [0.25, 0.3) is 5.91 Å². The van der Waals surface area contributed by atoms with Crippen molar-refractivity contribution in [1.82, 2.24) is 9.55 Å². The van der Waals surface area contributed by atoms with Crippen LogP contribution in [0.15, 0.2) is 12.1 Å². The second kappa shape index (κ2) is 6.49. The third-order valence-electron chi connectivity index (χ3n) is 3.66. The van der Waals surface area contributed by atoms with Gasteiger partial charge in [0.2, 0.25) is 0 Å². The van der Waals surface area contributed by atoms with Crippen LogP contribution in [-0.2, 0) is 7.05 Å². The standard InChI is InChI=1S/C15H16Cl3N3O/c1-4-7(2)15-20-12(13(14(19)22)21(15)3)11-9(17)5-8(16)6-10(11)18/h5-7H,4H2,1-3H3,(H2,19,22). The maximum atomic E-state index is 11.9. The smallest absolute Gasteiger partial charge is 0.267 e. The molecule has 1 atom stereocenters. The van der Waals surface area contributed by atoms with Gasteiger partial charge < -0.3 is 10.3 Å². The number of aromatic nitrogens is 2. The van der Waals surface area contributed by atoms with E-state index in [1.165, 1.54) is 0 Å². The Kier molecular flexibility index (Phi) is 5.05. The maximum Gasteiger partial charge on any atom is 0.267 e. The average molecular weight is 361 g/mol. The number of nitrogens with two attached hydrogens (primary N) is 1. The first-order valence-corrected chi connectivity index (χ1v) is 7.92. The van der Waals surface area contributed by atoms with Crippen molar-refractivity contribution in [3.63, 3.8) is 0 Å². The maximum absolute atomic E-state index is 11.9. The summed E-state index contributed by atoms with van der Waals surface area (Å²) >= 11 is 18.4. The summed E-state index contributed by atoms with van der Waals surface area (Å²) in [5.74, 6) is 0.344. The molecule has 1 heterocycles. The van der Waals surface area contributed by atoms with Crippen molar-refractivity contribution >= 4 is 40.7 Å². The average Bonchev–Trinajstić information content (AvgIpc) is 2.74. The van der Waals surface area contributed by atoms with Crippen LogP contribution in [0.5, 0.6) is 0 Å². The molecule has 118 valence electrons. The van der Waals surface area contributed by atoms with E-state index in [1.54, 1.807) is 23.7 Å². The second-order valence-electron chi connectivity index (χ2n) is 5.14. The molecule has 0 saturated heterocycles. The van der Waals surface area contributed by atoms with Crippen molar-refractivity contribution in [2.75, 3.05) is 0 Å². The van der Waals surface area contributed by atoms with E-state index in [2.05, 4.69) is 4.98 Å². The number of hydrogen-bond donors (Lipinski definition) is 1. The first-order chi connectivity index (χ1) is 10.3. The number of primary amides is 1. The van der Waals surface area contributed by atoms with Crippen LogP contribution in [0.3, 0.4) is 0 Å². The monoisotopic (exact) mass is 359 g/mol. The molecule has 0 aliphatic rings. The van der Waals surface area contributed by atoms with E-state index in [1.807, 2.05) is 13.8 Å². The highest BCUT2D eigenvalue weighted by Gasteiger charge is 2.25. The summed E-state index contributed by atoms with van der Waals surface area (Å²) in [6, 6.07) is 3.12. The Morgan fingerprint density at radius 2 is 1.86 bits per heavy atom. The Hall–Kier alpha value is -1.23. The van der Waals surface area contributed by atoms with Crippen molar-refractivity contribution in [3.05, 3.63) is 38.7 Å². The number of halogens is 3. The molecule has 1 aromatic heterocycles. The molecular formula is C15H16Cl3N3O. The van der Waals surface area contributed by atoms with Crippen LogP contribution in [0, 0.1) is 0 Å². The minimum absolute atomic E-state index is 0.168. The predicted octanol–water partition coefficient (Wildman–Crippen LogP) is 4.66. The van der Waals surface area contributed by atoms with Crippen LogP contribution in [0.4, 0.5) is 0 Å². The lowest BCUT2D eigenvalue weighted by Crippen LogP contribution is -2.17. The zero-order valence-corrected chi connectivity index (χ0v) is 14.7. The number of carbonyl (C=O) groups excluding carboxylic acids is 1. The molecule has 0 bridgehead atoms. The molecule has 2 N–H and O–H groups in total. The molecule has 22 heavy (non-hydrogen) atoms. The van der Waals surface area contributed by atoms with Crippen molar-refractivity contribution in [1.29, 1.82) is 0 Å². The van der Waals surface area contributed by atoms with Crippen LogP contribution >= 0.6 is 34.8 Å². The molecule has 0 aliphatic carbocycles. The van der Waals surface area contributed by atoms with Crippen molar-refractivity contribution in [3.8, 4) is 11.3 Å². The Bertz CT molecular complexity index is 717. The van der Waals surface area contributed by atoms with E-state index in [4.69, 9.17) is 40.5 Å². The lowest BCUT2D eigenvalue weighted by atomic mass is 10.1. The van der Waals surface area contributed by atoms with Gasteiger partial charge in [0, 0.05) is 23.6 Å². The Balaban J connectivity index is 2.78. The van der Waals surface area contributed by atoms with Crippen LogP contribution in [0.1, 0.15) is 42.5 Å². The number of amides is 1. The van der Waals surface area contributed by atoms with Gasteiger partial charge >= 0.3 is 0 Å². The summed E-state index contributed by atoms with van der Waals surface area (Å²) in [4.78, 5) is 16.5.